The molecule has 0 bridgehead atoms. The zero-order chi connectivity index (χ0) is 17.5. The van der Waals surface area contributed by atoms with Crippen LogP contribution in [0.15, 0.2) is 48.5 Å². The number of benzene rings is 2. The molecule has 2 aromatic rings. The van der Waals surface area contributed by atoms with E-state index in [4.69, 9.17) is 4.74 Å². The fourth-order valence-corrected chi connectivity index (χ4v) is 2.35. The zero-order valence-corrected chi connectivity index (χ0v) is 13.8. The first-order valence-corrected chi connectivity index (χ1v) is 7.84. The summed E-state index contributed by atoms with van der Waals surface area (Å²) in [7, 11) is 0. The van der Waals surface area contributed by atoms with E-state index in [0.29, 0.717) is 18.7 Å². The first-order chi connectivity index (χ1) is 11.5. The zero-order valence-electron chi connectivity index (χ0n) is 13.8. The Kier molecular flexibility index (Phi) is 6.09. The molecule has 0 radical (unpaired) electrons. The lowest BCUT2D eigenvalue weighted by Gasteiger charge is -2.13. The molecule has 2 N–H and O–H groups in total. The molecule has 2 rings (SSSR count). The Bertz CT molecular complexity index is 710. The Hall–Kier alpha value is -2.66. The standard InChI is InChI=1S/C19H21NO4/c1-3-24-19(23)13(2)20-12-14-8-10-15(11-9-14)16-6-4-5-7-17(16)18(21)22/h4-11,13,20H,3,12H2,1-2H3,(H,21,22). The SMILES string of the molecule is CCOC(=O)C(C)NCc1ccc(-c2ccccc2C(=O)O)cc1. The van der Waals surface area contributed by atoms with Crippen LogP contribution in [-0.2, 0) is 16.1 Å². The van der Waals surface area contributed by atoms with Crippen LogP contribution in [0.4, 0.5) is 0 Å². The Morgan fingerprint density at radius 3 is 2.42 bits per heavy atom. The topological polar surface area (TPSA) is 75.6 Å². The maximum atomic E-state index is 11.6. The molecule has 0 aliphatic carbocycles. The quantitative estimate of drug-likeness (QED) is 0.764. The highest BCUT2D eigenvalue weighted by Gasteiger charge is 2.13. The van der Waals surface area contributed by atoms with E-state index in [0.717, 1.165) is 11.1 Å². The molecular weight excluding hydrogens is 306 g/mol. The van der Waals surface area contributed by atoms with E-state index < -0.39 is 5.97 Å². The van der Waals surface area contributed by atoms with E-state index in [9.17, 15) is 14.7 Å². The maximum Gasteiger partial charge on any atom is 0.336 e. The summed E-state index contributed by atoms with van der Waals surface area (Å²) in [6, 6.07) is 14.1. The number of carbonyl (C=O) groups is 2. The second-order valence-electron chi connectivity index (χ2n) is 5.40. The number of ether oxygens (including phenoxy) is 1. The fraction of sp³-hybridized carbons (Fsp3) is 0.263. The summed E-state index contributed by atoms with van der Waals surface area (Å²) in [6.07, 6.45) is 0. The van der Waals surface area contributed by atoms with Gasteiger partial charge in [0.25, 0.3) is 0 Å². The van der Waals surface area contributed by atoms with Crippen LogP contribution in [0, 0.1) is 0 Å². The number of aromatic carboxylic acids is 1. The fourth-order valence-electron chi connectivity index (χ4n) is 2.35. The van der Waals surface area contributed by atoms with Gasteiger partial charge in [0.15, 0.2) is 0 Å². The lowest BCUT2D eigenvalue weighted by molar-refractivity contribution is -0.145. The molecule has 1 atom stereocenters. The number of rotatable bonds is 7. The molecule has 2 aromatic carbocycles. The molecule has 1 unspecified atom stereocenters. The first kappa shape index (κ1) is 17.7. The van der Waals surface area contributed by atoms with Gasteiger partial charge in [0.1, 0.15) is 6.04 Å². The number of hydrogen-bond donors (Lipinski definition) is 2. The van der Waals surface area contributed by atoms with Gasteiger partial charge in [-0.05, 0) is 36.6 Å². The summed E-state index contributed by atoms with van der Waals surface area (Å²) >= 11 is 0. The van der Waals surface area contributed by atoms with Crippen molar-refractivity contribution in [1.29, 1.82) is 0 Å². The van der Waals surface area contributed by atoms with Crippen molar-refractivity contribution in [3.8, 4) is 11.1 Å². The molecule has 24 heavy (non-hydrogen) atoms. The molecule has 0 aromatic heterocycles. The van der Waals surface area contributed by atoms with Crippen molar-refractivity contribution in [1.82, 2.24) is 5.32 Å². The Morgan fingerprint density at radius 1 is 1.12 bits per heavy atom. The molecule has 0 heterocycles. The van der Waals surface area contributed by atoms with Crippen molar-refractivity contribution >= 4 is 11.9 Å². The van der Waals surface area contributed by atoms with Crippen LogP contribution in [0.1, 0.15) is 29.8 Å². The van der Waals surface area contributed by atoms with Crippen molar-refractivity contribution in [3.05, 3.63) is 59.7 Å². The minimum Gasteiger partial charge on any atom is -0.478 e. The number of carbonyl (C=O) groups excluding carboxylic acids is 1. The molecule has 0 amide bonds. The lowest BCUT2D eigenvalue weighted by Crippen LogP contribution is -2.34. The molecule has 0 fully saturated rings. The molecule has 0 spiro atoms. The van der Waals surface area contributed by atoms with Gasteiger partial charge in [-0.25, -0.2) is 4.79 Å². The molecule has 0 aliphatic heterocycles. The van der Waals surface area contributed by atoms with Crippen LogP contribution in [0.3, 0.4) is 0 Å². The first-order valence-electron chi connectivity index (χ1n) is 7.84. The van der Waals surface area contributed by atoms with Crippen LogP contribution in [0.5, 0.6) is 0 Å². The van der Waals surface area contributed by atoms with Crippen molar-refractivity contribution < 1.29 is 19.4 Å². The number of nitrogens with one attached hydrogen (secondary N) is 1. The van der Waals surface area contributed by atoms with E-state index in [1.807, 2.05) is 30.3 Å². The summed E-state index contributed by atoms with van der Waals surface area (Å²) < 4.78 is 4.95. The number of carboxylic acid groups (broad SMARTS) is 1. The minimum absolute atomic E-state index is 0.274. The van der Waals surface area contributed by atoms with Gasteiger partial charge in [-0.2, -0.15) is 0 Å². The predicted octanol–water partition coefficient (Wildman–Crippen LogP) is 3.09. The highest BCUT2D eigenvalue weighted by Crippen LogP contribution is 2.24. The Labute approximate surface area is 141 Å². The van der Waals surface area contributed by atoms with Crippen molar-refractivity contribution in [2.45, 2.75) is 26.4 Å². The molecule has 0 saturated heterocycles. The highest BCUT2D eigenvalue weighted by atomic mass is 16.5. The van der Waals surface area contributed by atoms with Crippen LogP contribution < -0.4 is 5.32 Å². The summed E-state index contributed by atoms with van der Waals surface area (Å²) in [5, 5.41) is 12.4. The summed E-state index contributed by atoms with van der Waals surface area (Å²) in [5.74, 6) is -1.22. The van der Waals surface area contributed by atoms with Gasteiger partial charge in [0, 0.05) is 6.54 Å². The third-order valence-electron chi connectivity index (χ3n) is 3.67. The second kappa shape index (κ2) is 8.26. The summed E-state index contributed by atoms with van der Waals surface area (Å²) in [5.41, 5.74) is 2.81. The summed E-state index contributed by atoms with van der Waals surface area (Å²) in [4.78, 5) is 22.9. The van der Waals surface area contributed by atoms with Crippen LogP contribution >= 0.6 is 0 Å². The summed E-state index contributed by atoms with van der Waals surface area (Å²) in [6.45, 7) is 4.43. The smallest absolute Gasteiger partial charge is 0.336 e. The van der Waals surface area contributed by atoms with Gasteiger partial charge in [-0.3, -0.25) is 4.79 Å². The van der Waals surface area contributed by atoms with E-state index in [1.165, 1.54) is 0 Å². The van der Waals surface area contributed by atoms with E-state index >= 15 is 0 Å². The Morgan fingerprint density at radius 2 is 1.79 bits per heavy atom. The van der Waals surface area contributed by atoms with Crippen molar-refractivity contribution in [3.63, 3.8) is 0 Å². The molecule has 5 heteroatoms. The Balaban J connectivity index is 2.06. The van der Waals surface area contributed by atoms with Gasteiger partial charge < -0.3 is 15.2 Å². The monoisotopic (exact) mass is 327 g/mol. The largest absolute Gasteiger partial charge is 0.478 e. The number of carboxylic acids is 1. The number of esters is 1. The number of hydrogen-bond acceptors (Lipinski definition) is 4. The molecule has 5 nitrogen and oxygen atoms in total. The van der Waals surface area contributed by atoms with Crippen LogP contribution in [0.2, 0.25) is 0 Å². The van der Waals surface area contributed by atoms with Gasteiger partial charge >= 0.3 is 11.9 Å². The molecule has 0 saturated carbocycles. The van der Waals surface area contributed by atoms with Gasteiger partial charge in [-0.1, -0.05) is 42.5 Å². The average Bonchev–Trinajstić information content (AvgIpc) is 2.60. The van der Waals surface area contributed by atoms with E-state index in [1.54, 1.807) is 32.0 Å². The van der Waals surface area contributed by atoms with E-state index in [-0.39, 0.29) is 17.6 Å². The highest BCUT2D eigenvalue weighted by molar-refractivity contribution is 5.95. The normalized spacial score (nSPS) is 11.8. The predicted molar refractivity (Wildman–Crippen MR) is 91.8 cm³/mol. The third kappa shape index (κ3) is 4.43. The lowest BCUT2D eigenvalue weighted by atomic mass is 9.99. The third-order valence-corrected chi connectivity index (χ3v) is 3.67. The van der Waals surface area contributed by atoms with Crippen LogP contribution in [-0.4, -0.2) is 29.7 Å². The van der Waals surface area contributed by atoms with Gasteiger partial charge in [0.2, 0.25) is 0 Å². The molecule has 126 valence electrons. The average molecular weight is 327 g/mol. The van der Waals surface area contributed by atoms with Gasteiger partial charge in [-0.15, -0.1) is 0 Å². The van der Waals surface area contributed by atoms with Crippen LogP contribution in [0.25, 0.3) is 11.1 Å². The van der Waals surface area contributed by atoms with E-state index in [2.05, 4.69) is 5.32 Å². The maximum absolute atomic E-state index is 11.6. The van der Waals surface area contributed by atoms with Gasteiger partial charge in [0.05, 0.1) is 12.2 Å². The molecule has 0 aliphatic rings. The molecular formula is C19H21NO4. The van der Waals surface area contributed by atoms with Crippen molar-refractivity contribution in [2.24, 2.45) is 0 Å². The minimum atomic E-state index is -0.945. The second-order valence-corrected chi connectivity index (χ2v) is 5.40. The van der Waals surface area contributed by atoms with Crippen molar-refractivity contribution in [2.75, 3.05) is 6.61 Å².